The highest BCUT2D eigenvalue weighted by Crippen LogP contribution is 2.34. The molecule has 35 heavy (non-hydrogen) atoms. The minimum atomic E-state index is -4.08. The molecule has 1 saturated carbocycles. The fourth-order valence-electron chi connectivity index (χ4n) is 4.40. The van der Waals surface area contributed by atoms with Crippen LogP contribution in [-0.4, -0.2) is 46.6 Å². The Kier molecular flexibility index (Phi) is 7.77. The van der Waals surface area contributed by atoms with Gasteiger partial charge in [-0.25, -0.2) is 19.5 Å². The van der Waals surface area contributed by atoms with E-state index in [4.69, 9.17) is 5.14 Å². The molecule has 2 aromatic heterocycles. The van der Waals surface area contributed by atoms with Crippen molar-refractivity contribution >= 4 is 32.0 Å². The van der Waals surface area contributed by atoms with E-state index in [1.54, 1.807) is 30.6 Å². The van der Waals surface area contributed by atoms with E-state index in [0.29, 0.717) is 47.1 Å². The first kappa shape index (κ1) is 25.6. The van der Waals surface area contributed by atoms with Crippen molar-refractivity contribution in [2.75, 3.05) is 6.61 Å². The van der Waals surface area contributed by atoms with Gasteiger partial charge in [0.2, 0.25) is 0 Å². The molecule has 9 nitrogen and oxygen atoms in total. The molecule has 0 unspecified atom stereocenters. The Balaban J connectivity index is 1.44. The van der Waals surface area contributed by atoms with Crippen LogP contribution < -0.4 is 5.14 Å². The number of hydrogen-bond donors (Lipinski definition) is 2. The lowest BCUT2D eigenvalue weighted by Gasteiger charge is -2.13. The van der Waals surface area contributed by atoms with Gasteiger partial charge in [0, 0.05) is 36.6 Å². The fraction of sp³-hybridized carbons (Fsp3) is 0.348. The molecule has 0 aliphatic heterocycles. The fourth-order valence-corrected chi connectivity index (χ4v) is 5.19. The van der Waals surface area contributed by atoms with Gasteiger partial charge in [0.05, 0.1) is 28.4 Å². The molecule has 186 valence electrons. The Morgan fingerprint density at radius 1 is 1.31 bits per heavy atom. The van der Waals surface area contributed by atoms with E-state index < -0.39 is 16.4 Å². The number of rotatable bonds is 9. The molecule has 2 heterocycles. The molecule has 0 radical (unpaired) electrons. The smallest absolute Gasteiger partial charge is 0.333 e. The van der Waals surface area contributed by atoms with Crippen LogP contribution in [0.5, 0.6) is 0 Å². The normalized spacial score (nSPS) is 20.3. The standard InChI is InChI=1S/C23H24BrFN4O5S/c24-19-6-14(1-2-20(19)25)10-29-4-3-16(11-29)23(31)18-9-27-13-28-21(18)7-15-5-17(22(30)8-15)12-34-35(26,32)33/h1-4,6,9,11,13,15,17,22,30H,5,7-8,10,12H2,(H2,26,32,33)/t15-,17+,22-/m0/s1. The molecule has 0 spiro atoms. The number of hydrogen-bond acceptors (Lipinski definition) is 7. The summed E-state index contributed by atoms with van der Waals surface area (Å²) in [5.41, 5.74) is 2.27. The topological polar surface area (TPSA) is 137 Å². The summed E-state index contributed by atoms with van der Waals surface area (Å²) in [5, 5.41) is 15.2. The van der Waals surface area contributed by atoms with Gasteiger partial charge in [-0.05, 0) is 64.9 Å². The van der Waals surface area contributed by atoms with Crippen molar-refractivity contribution in [2.45, 2.75) is 31.9 Å². The molecule has 12 heteroatoms. The van der Waals surface area contributed by atoms with Gasteiger partial charge in [0.1, 0.15) is 12.1 Å². The third-order valence-corrected chi connectivity index (χ3v) is 7.16. The average molecular weight is 567 g/mol. The Bertz CT molecular complexity index is 1330. The van der Waals surface area contributed by atoms with E-state index in [1.165, 1.54) is 18.6 Å². The molecular formula is C23H24BrFN4O5S. The van der Waals surface area contributed by atoms with E-state index in [-0.39, 0.29) is 30.0 Å². The summed E-state index contributed by atoms with van der Waals surface area (Å²) < 4.78 is 42.5. The molecular weight excluding hydrogens is 543 g/mol. The maximum atomic E-state index is 13.5. The SMILES string of the molecule is NS(=O)(=O)OC[C@H]1C[C@@H](Cc2ncncc2C(=O)c2ccn(Cc3ccc(F)c(Br)c3)c2)C[C@@H]1O. The van der Waals surface area contributed by atoms with Crippen LogP contribution in [0.15, 0.2) is 53.7 Å². The van der Waals surface area contributed by atoms with Gasteiger partial charge in [-0.2, -0.15) is 8.42 Å². The van der Waals surface area contributed by atoms with Crippen LogP contribution in [0, 0.1) is 17.7 Å². The van der Waals surface area contributed by atoms with Gasteiger partial charge < -0.3 is 9.67 Å². The summed E-state index contributed by atoms with van der Waals surface area (Å²) in [6, 6.07) is 6.46. The quantitative estimate of drug-likeness (QED) is 0.379. The maximum absolute atomic E-state index is 13.5. The number of aliphatic hydroxyl groups excluding tert-OH is 1. The van der Waals surface area contributed by atoms with E-state index in [1.807, 2.05) is 4.57 Å². The summed E-state index contributed by atoms with van der Waals surface area (Å²) >= 11 is 3.18. The third kappa shape index (κ3) is 6.58. The second-order valence-electron chi connectivity index (χ2n) is 8.68. The minimum absolute atomic E-state index is 0.0120. The number of benzene rings is 1. The summed E-state index contributed by atoms with van der Waals surface area (Å²) in [4.78, 5) is 21.6. The molecule has 1 aliphatic rings. The Hall–Kier alpha value is -2.51. The molecule has 0 saturated heterocycles. The number of halogens is 2. The molecule has 3 aromatic rings. The van der Waals surface area contributed by atoms with E-state index in [2.05, 4.69) is 30.1 Å². The predicted molar refractivity (Wildman–Crippen MR) is 128 cm³/mol. The summed E-state index contributed by atoms with van der Waals surface area (Å²) in [5.74, 6) is -0.957. The number of aliphatic hydroxyl groups is 1. The number of nitrogens with zero attached hydrogens (tertiary/aromatic N) is 3. The van der Waals surface area contributed by atoms with Crippen molar-refractivity contribution in [3.05, 3.63) is 81.9 Å². The average Bonchev–Trinajstić information content (AvgIpc) is 3.40. The second-order valence-corrected chi connectivity index (χ2v) is 10.8. The number of aromatic nitrogens is 3. The Morgan fingerprint density at radius 3 is 2.86 bits per heavy atom. The van der Waals surface area contributed by atoms with Crippen molar-refractivity contribution in [1.29, 1.82) is 0 Å². The first-order valence-electron chi connectivity index (χ1n) is 10.9. The zero-order chi connectivity index (χ0) is 25.2. The lowest BCUT2D eigenvalue weighted by Crippen LogP contribution is -2.24. The molecule has 0 bridgehead atoms. The number of ketones is 1. The van der Waals surface area contributed by atoms with Crippen LogP contribution in [0.4, 0.5) is 4.39 Å². The summed E-state index contributed by atoms with van der Waals surface area (Å²) in [7, 11) is -4.08. The summed E-state index contributed by atoms with van der Waals surface area (Å²) in [6.45, 7) is 0.274. The van der Waals surface area contributed by atoms with Crippen molar-refractivity contribution in [3.63, 3.8) is 0 Å². The molecule has 3 N–H and O–H groups in total. The molecule has 1 fully saturated rings. The maximum Gasteiger partial charge on any atom is 0.333 e. The van der Waals surface area contributed by atoms with Gasteiger partial charge in [-0.15, -0.1) is 0 Å². The minimum Gasteiger partial charge on any atom is -0.393 e. The highest BCUT2D eigenvalue weighted by Gasteiger charge is 2.34. The Morgan fingerprint density at radius 2 is 2.11 bits per heavy atom. The molecule has 4 rings (SSSR count). The highest BCUT2D eigenvalue weighted by atomic mass is 79.9. The van der Waals surface area contributed by atoms with Gasteiger partial charge in [0.15, 0.2) is 5.78 Å². The van der Waals surface area contributed by atoms with Gasteiger partial charge in [-0.3, -0.25) is 8.98 Å². The monoisotopic (exact) mass is 566 g/mol. The third-order valence-electron chi connectivity index (χ3n) is 6.08. The van der Waals surface area contributed by atoms with Gasteiger partial charge in [0.25, 0.3) is 0 Å². The highest BCUT2D eigenvalue weighted by molar-refractivity contribution is 9.10. The number of carbonyl (C=O) groups excluding carboxylic acids is 1. The van der Waals surface area contributed by atoms with Crippen LogP contribution in [0.2, 0.25) is 0 Å². The van der Waals surface area contributed by atoms with E-state index in [0.717, 1.165) is 5.56 Å². The van der Waals surface area contributed by atoms with Crippen molar-refractivity contribution in [3.8, 4) is 0 Å². The van der Waals surface area contributed by atoms with Crippen molar-refractivity contribution in [2.24, 2.45) is 17.0 Å². The van der Waals surface area contributed by atoms with E-state index in [9.17, 15) is 22.7 Å². The largest absolute Gasteiger partial charge is 0.393 e. The zero-order valence-corrected chi connectivity index (χ0v) is 21.0. The van der Waals surface area contributed by atoms with Gasteiger partial charge in [-0.1, -0.05) is 6.07 Å². The first-order chi connectivity index (χ1) is 16.6. The van der Waals surface area contributed by atoms with Crippen LogP contribution in [0.1, 0.15) is 40.0 Å². The predicted octanol–water partition coefficient (Wildman–Crippen LogP) is 2.61. The molecule has 1 aliphatic carbocycles. The van der Waals surface area contributed by atoms with Crippen LogP contribution in [0.25, 0.3) is 0 Å². The first-order valence-corrected chi connectivity index (χ1v) is 13.1. The van der Waals surface area contributed by atoms with Crippen LogP contribution in [0.3, 0.4) is 0 Å². The van der Waals surface area contributed by atoms with Gasteiger partial charge >= 0.3 is 10.3 Å². The van der Waals surface area contributed by atoms with Crippen LogP contribution in [-0.2, 0) is 27.5 Å². The van der Waals surface area contributed by atoms with Crippen molar-refractivity contribution < 1.29 is 26.9 Å². The Labute approximate surface area is 210 Å². The zero-order valence-electron chi connectivity index (χ0n) is 18.5. The lowest BCUT2D eigenvalue weighted by molar-refractivity contribution is 0.100. The molecule has 1 aromatic carbocycles. The number of carbonyl (C=O) groups is 1. The van der Waals surface area contributed by atoms with E-state index >= 15 is 0 Å². The molecule has 0 amide bonds. The van der Waals surface area contributed by atoms with Crippen LogP contribution >= 0.6 is 15.9 Å². The lowest BCUT2D eigenvalue weighted by atomic mass is 9.95. The van der Waals surface area contributed by atoms with Crippen molar-refractivity contribution in [1.82, 2.24) is 14.5 Å². The number of nitrogens with two attached hydrogens (primary N) is 1. The molecule has 3 atom stereocenters. The second kappa shape index (κ2) is 10.6. The summed E-state index contributed by atoms with van der Waals surface area (Å²) in [6.07, 6.45) is 6.98.